The van der Waals surface area contributed by atoms with E-state index < -0.39 is 5.54 Å². The summed E-state index contributed by atoms with van der Waals surface area (Å²) in [4.78, 5) is 11.2. The van der Waals surface area contributed by atoms with Crippen LogP contribution in [0.15, 0.2) is 0 Å². The third kappa shape index (κ3) is 3.02. The molecule has 1 N–H and O–H groups in total. The highest BCUT2D eigenvalue weighted by Gasteiger charge is 2.15. The largest absolute Gasteiger partial charge is 0.338 e. The number of anilines is 1. The molecule has 0 atom stereocenters. The van der Waals surface area contributed by atoms with E-state index in [2.05, 4.69) is 26.2 Å². The molecular formula is C8H8Cl2N4. The first-order chi connectivity index (χ1) is 6.43. The molecule has 0 aliphatic rings. The van der Waals surface area contributed by atoms with Crippen molar-refractivity contribution < 1.29 is 0 Å². The molecule has 0 fully saturated rings. The zero-order valence-corrected chi connectivity index (χ0v) is 9.19. The van der Waals surface area contributed by atoms with Crippen molar-refractivity contribution in [1.29, 1.82) is 0 Å². The third-order valence-corrected chi connectivity index (χ3v) is 1.70. The van der Waals surface area contributed by atoms with Crippen molar-refractivity contribution in [3.8, 4) is 12.3 Å². The smallest absolute Gasteiger partial charge is 0.229 e. The summed E-state index contributed by atoms with van der Waals surface area (Å²) in [7, 11) is 0. The number of hydrogen-bond acceptors (Lipinski definition) is 4. The average molecular weight is 231 g/mol. The standard InChI is InChI=1S/C8H8Cl2N4/c1-4-8(2,3)14-7-12-5(9)11-6(10)13-7/h1H,2-3H3,(H,11,12,13,14). The Bertz CT molecular complexity index is 363. The number of hydrogen-bond donors (Lipinski definition) is 1. The number of nitrogens with one attached hydrogen (secondary N) is 1. The molecule has 0 spiro atoms. The van der Waals surface area contributed by atoms with Gasteiger partial charge in [0.05, 0.1) is 5.54 Å². The molecule has 6 heteroatoms. The highest BCUT2D eigenvalue weighted by atomic mass is 35.5. The summed E-state index contributed by atoms with van der Waals surface area (Å²) in [6, 6.07) is 0. The van der Waals surface area contributed by atoms with Crippen LogP contribution in [0.2, 0.25) is 10.6 Å². The Labute approximate surface area is 92.1 Å². The predicted molar refractivity (Wildman–Crippen MR) is 56.4 cm³/mol. The summed E-state index contributed by atoms with van der Waals surface area (Å²) in [5, 5.41) is 2.94. The van der Waals surface area contributed by atoms with Gasteiger partial charge in [0.25, 0.3) is 0 Å². The Morgan fingerprint density at radius 2 is 1.71 bits per heavy atom. The second kappa shape index (κ2) is 3.99. The van der Waals surface area contributed by atoms with Crippen LogP contribution in [0.3, 0.4) is 0 Å². The minimum atomic E-state index is -0.561. The lowest BCUT2D eigenvalue weighted by Crippen LogP contribution is -2.29. The van der Waals surface area contributed by atoms with Crippen LogP contribution in [0.25, 0.3) is 0 Å². The molecule has 4 nitrogen and oxygen atoms in total. The van der Waals surface area contributed by atoms with Gasteiger partial charge in [0.1, 0.15) is 0 Å². The Kier molecular flexibility index (Phi) is 3.14. The number of terminal acetylenes is 1. The quantitative estimate of drug-likeness (QED) is 0.791. The molecule has 1 aromatic rings. The fraction of sp³-hybridized carbons (Fsp3) is 0.375. The van der Waals surface area contributed by atoms with Gasteiger partial charge in [0.2, 0.25) is 16.5 Å². The zero-order valence-electron chi connectivity index (χ0n) is 7.67. The molecule has 0 aromatic carbocycles. The Balaban J connectivity index is 2.94. The van der Waals surface area contributed by atoms with Gasteiger partial charge in [-0.25, -0.2) is 0 Å². The van der Waals surface area contributed by atoms with Crippen molar-refractivity contribution in [3.05, 3.63) is 10.6 Å². The van der Waals surface area contributed by atoms with Crippen molar-refractivity contribution in [3.63, 3.8) is 0 Å². The Hall–Kier alpha value is -1.05. The summed E-state index contributed by atoms with van der Waals surface area (Å²) in [6.45, 7) is 3.61. The molecule has 0 saturated carbocycles. The highest BCUT2D eigenvalue weighted by molar-refractivity contribution is 6.31. The number of halogens is 2. The fourth-order valence-electron chi connectivity index (χ4n) is 0.697. The van der Waals surface area contributed by atoms with E-state index in [1.165, 1.54) is 0 Å². The summed E-state index contributed by atoms with van der Waals surface area (Å²) >= 11 is 11.2. The van der Waals surface area contributed by atoms with Crippen LogP contribution in [0.4, 0.5) is 5.95 Å². The zero-order chi connectivity index (χ0) is 10.8. The van der Waals surface area contributed by atoms with Crippen LogP contribution in [0, 0.1) is 12.3 Å². The van der Waals surface area contributed by atoms with Crippen LogP contribution in [-0.4, -0.2) is 20.5 Å². The summed E-state index contributed by atoms with van der Waals surface area (Å²) < 4.78 is 0. The molecule has 74 valence electrons. The SMILES string of the molecule is C#CC(C)(C)Nc1nc(Cl)nc(Cl)n1. The van der Waals surface area contributed by atoms with Crippen molar-refractivity contribution in [2.24, 2.45) is 0 Å². The molecule has 0 saturated heterocycles. The second-order valence-corrected chi connectivity index (χ2v) is 3.77. The first-order valence-electron chi connectivity index (χ1n) is 3.76. The number of rotatable bonds is 2. The van der Waals surface area contributed by atoms with Gasteiger partial charge in [-0.05, 0) is 37.0 Å². The first kappa shape index (κ1) is 11.0. The monoisotopic (exact) mass is 230 g/mol. The molecule has 0 unspecified atom stereocenters. The lowest BCUT2D eigenvalue weighted by atomic mass is 10.1. The summed E-state index contributed by atoms with van der Waals surface area (Å²) in [5.41, 5.74) is -0.561. The van der Waals surface area contributed by atoms with E-state index in [4.69, 9.17) is 29.6 Å². The van der Waals surface area contributed by atoms with Crippen molar-refractivity contribution in [2.45, 2.75) is 19.4 Å². The molecule has 14 heavy (non-hydrogen) atoms. The van der Waals surface area contributed by atoms with E-state index >= 15 is 0 Å². The van der Waals surface area contributed by atoms with Gasteiger partial charge in [-0.2, -0.15) is 15.0 Å². The molecule has 1 heterocycles. The maximum absolute atomic E-state index is 5.58. The van der Waals surface area contributed by atoms with Crippen LogP contribution in [-0.2, 0) is 0 Å². The molecule has 0 radical (unpaired) electrons. The average Bonchev–Trinajstić information content (AvgIpc) is 2.01. The van der Waals surface area contributed by atoms with Gasteiger partial charge in [-0.15, -0.1) is 6.42 Å². The van der Waals surface area contributed by atoms with E-state index in [-0.39, 0.29) is 16.5 Å². The molecule has 1 rings (SSSR count). The first-order valence-corrected chi connectivity index (χ1v) is 4.51. The minimum absolute atomic E-state index is 0.0281. The van der Waals surface area contributed by atoms with Gasteiger partial charge in [-0.3, -0.25) is 0 Å². The normalized spacial score (nSPS) is 10.8. The maximum atomic E-state index is 5.58. The van der Waals surface area contributed by atoms with Gasteiger partial charge < -0.3 is 5.32 Å². The van der Waals surface area contributed by atoms with Crippen LogP contribution in [0.1, 0.15) is 13.8 Å². The predicted octanol–water partition coefficient (Wildman–Crippen LogP) is 2.00. The van der Waals surface area contributed by atoms with Crippen LogP contribution < -0.4 is 5.32 Å². The second-order valence-electron chi connectivity index (χ2n) is 3.09. The Morgan fingerprint density at radius 3 is 2.14 bits per heavy atom. The van der Waals surface area contributed by atoms with Crippen molar-refractivity contribution in [2.75, 3.05) is 5.32 Å². The van der Waals surface area contributed by atoms with Crippen LogP contribution in [0.5, 0.6) is 0 Å². The maximum Gasteiger partial charge on any atom is 0.229 e. The number of aromatic nitrogens is 3. The lowest BCUT2D eigenvalue weighted by molar-refractivity contribution is 0.726. The third-order valence-electron chi connectivity index (χ3n) is 1.37. The molecule has 0 amide bonds. The van der Waals surface area contributed by atoms with Gasteiger partial charge in [-0.1, -0.05) is 5.92 Å². The molecule has 1 aromatic heterocycles. The lowest BCUT2D eigenvalue weighted by Gasteiger charge is -2.19. The molecule has 0 aliphatic carbocycles. The van der Waals surface area contributed by atoms with Crippen molar-refractivity contribution >= 4 is 29.2 Å². The van der Waals surface area contributed by atoms with E-state index in [1.54, 1.807) is 13.8 Å². The molecule has 0 aliphatic heterocycles. The van der Waals surface area contributed by atoms with E-state index in [0.29, 0.717) is 0 Å². The van der Waals surface area contributed by atoms with Gasteiger partial charge >= 0.3 is 0 Å². The fourth-order valence-corrected chi connectivity index (χ4v) is 1.06. The van der Waals surface area contributed by atoms with Gasteiger partial charge in [0, 0.05) is 0 Å². The van der Waals surface area contributed by atoms with E-state index in [0.717, 1.165) is 0 Å². The topological polar surface area (TPSA) is 50.7 Å². The van der Waals surface area contributed by atoms with Crippen molar-refractivity contribution in [1.82, 2.24) is 15.0 Å². The summed E-state index contributed by atoms with van der Waals surface area (Å²) in [6.07, 6.45) is 5.28. The van der Waals surface area contributed by atoms with E-state index in [9.17, 15) is 0 Å². The Morgan fingerprint density at radius 1 is 1.21 bits per heavy atom. The highest BCUT2D eigenvalue weighted by Crippen LogP contribution is 2.13. The summed E-state index contributed by atoms with van der Waals surface area (Å²) in [5.74, 6) is 2.79. The van der Waals surface area contributed by atoms with E-state index in [1.807, 2.05) is 0 Å². The molecule has 0 bridgehead atoms. The minimum Gasteiger partial charge on any atom is -0.338 e. The van der Waals surface area contributed by atoms with Crippen LogP contribution >= 0.6 is 23.2 Å². The molecular weight excluding hydrogens is 223 g/mol. The van der Waals surface area contributed by atoms with Gasteiger partial charge in [0.15, 0.2) is 0 Å². The number of nitrogens with zero attached hydrogens (tertiary/aromatic N) is 3.